The number of likely N-dealkylation sites (tertiary alicyclic amines) is 1. The summed E-state index contributed by atoms with van der Waals surface area (Å²) in [5, 5.41) is 22.0. The number of aliphatic hydroxyl groups is 1. The lowest BCUT2D eigenvalue weighted by atomic mass is 9.85. The van der Waals surface area contributed by atoms with E-state index in [2.05, 4.69) is 39.8 Å². The van der Waals surface area contributed by atoms with Gasteiger partial charge in [-0.2, -0.15) is 0 Å². The van der Waals surface area contributed by atoms with Gasteiger partial charge in [0.2, 0.25) is 0 Å². The number of non-ortho nitro benzene ring substituents is 1. The molecular formula is C27H39N2O4+. The molecule has 6 heteroatoms. The first-order chi connectivity index (χ1) is 15.6. The summed E-state index contributed by atoms with van der Waals surface area (Å²) in [5.74, 6) is 0.838. The van der Waals surface area contributed by atoms with Crippen LogP contribution in [0.15, 0.2) is 42.5 Å². The normalized spacial score (nSPS) is 17.2. The van der Waals surface area contributed by atoms with Crippen LogP contribution in [0.2, 0.25) is 0 Å². The second-order valence-corrected chi connectivity index (χ2v) is 10.7. The van der Waals surface area contributed by atoms with Crippen molar-refractivity contribution >= 4 is 5.69 Å². The Labute approximate surface area is 197 Å². The van der Waals surface area contributed by atoms with E-state index in [9.17, 15) is 15.2 Å². The lowest BCUT2D eigenvalue weighted by molar-refractivity contribution is -0.942. The van der Waals surface area contributed by atoms with Crippen LogP contribution in [-0.2, 0) is 12.0 Å². The van der Waals surface area contributed by atoms with E-state index >= 15 is 0 Å². The third-order valence-electron chi connectivity index (χ3n) is 6.65. The maximum atomic E-state index is 11.0. The predicted octanol–water partition coefficient (Wildman–Crippen LogP) is 5.53. The highest BCUT2D eigenvalue weighted by molar-refractivity contribution is 5.41. The van der Waals surface area contributed by atoms with Gasteiger partial charge in [-0.25, -0.2) is 0 Å². The molecule has 1 saturated heterocycles. The average Bonchev–Trinajstić information content (AvgIpc) is 2.98. The molecule has 0 spiro atoms. The summed E-state index contributed by atoms with van der Waals surface area (Å²) >= 11 is 0. The van der Waals surface area contributed by atoms with Gasteiger partial charge in [0, 0.05) is 17.7 Å². The molecule has 0 unspecified atom stereocenters. The van der Waals surface area contributed by atoms with Gasteiger partial charge in [0.15, 0.2) is 0 Å². The largest absolute Gasteiger partial charge is 0.490 e. The Morgan fingerprint density at radius 2 is 1.70 bits per heavy atom. The first kappa shape index (κ1) is 25.2. The van der Waals surface area contributed by atoms with Gasteiger partial charge in [-0.15, -0.1) is 0 Å². The van der Waals surface area contributed by atoms with E-state index in [1.165, 1.54) is 18.4 Å². The van der Waals surface area contributed by atoms with Gasteiger partial charge in [0.25, 0.3) is 5.69 Å². The highest BCUT2D eigenvalue weighted by atomic mass is 16.6. The van der Waals surface area contributed by atoms with Crippen molar-refractivity contribution < 1.29 is 19.2 Å². The first-order valence-corrected chi connectivity index (χ1v) is 12.1. The quantitative estimate of drug-likeness (QED) is 0.323. The van der Waals surface area contributed by atoms with Gasteiger partial charge >= 0.3 is 0 Å². The Morgan fingerprint density at radius 1 is 1.06 bits per heavy atom. The molecule has 1 N–H and O–H groups in total. The molecule has 1 aliphatic rings. The number of ether oxygens (including phenoxy) is 1. The lowest BCUT2D eigenvalue weighted by Gasteiger charge is -2.39. The van der Waals surface area contributed by atoms with Gasteiger partial charge in [-0.1, -0.05) is 38.5 Å². The van der Waals surface area contributed by atoms with Crippen molar-refractivity contribution in [3.8, 4) is 5.75 Å². The van der Waals surface area contributed by atoms with E-state index in [1.807, 2.05) is 18.2 Å². The highest BCUT2D eigenvalue weighted by Gasteiger charge is 2.32. The number of hydrogen-bond donors (Lipinski definition) is 1. The molecule has 2 aromatic rings. The third-order valence-corrected chi connectivity index (χ3v) is 6.65. The van der Waals surface area contributed by atoms with Gasteiger partial charge in [-0.3, -0.25) is 10.1 Å². The minimum absolute atomic E-state index is 0.0409. The molecule has 6 nitrogen and oxygen atoms in total. The van der Waals surface area contributed by atoms with Crippen molar-refractivity contribution in [3.05, 3.63) is 69.3 Å². The van der Waals surface area contributed by atoms with E-state index in [-0.39, 0.29) is 22.6 Å². The Morgan fingerprint density at radius 3 is 2.27 bits per heavy atom. The predicted molar refractivity (Wildman–Crippen MR) is 132 cm³/mol. The molecule has 2 aromatic carbocycles. The number of hydrogen-bond acceptors (Lipinski definition) is 4. The minimum Gasteiger partial charge on any atom is -0.490 e. The van der Waals surface area contributed by atoms with Crippen LogP contribution in [0, 0.1) is 17.0 Å². The topological polar surface area (TPSA) is 72.6 Å². The minimum atomic E-state index is -0.588. The Hall–Kier alpha value is -2.44. The molecule has 180 valence electrons. The number of benzene rings is 2. The van der Waals surface area contributed by atoms with Crippen LogP contribution in [0.4, 0.5) is 5.69 Å². The fraction of sp³-hybridized carbons (Fsp3) is 0.556. The SMILES string of the molecule is Cc1ccc(OC[C@@H](O)C[N+]2(Cc3ccc([N+](=O)[O-])cc3)CCCCCC2)c(C(C)(C)C)c1. The molecule has 1 heterocycles. The van der Waals surface area contributed by atoms with Crippen molar-refractivity contribution in [3.63, 3.8) is 0 Å². The van der Waals surface area contributed by atoms with Gasteiger partial charge in [0.1, 0.15) is 31.5 Å². The van der Waals surface area contributed by atoms with Crippen LogP contribution in [0.1, 0.15) is 63.1 Å². The maximum Gasteiger partial charge on any atom is 0.269 e. The fourth-order valence-corrected chi connectivity index (χ4v) is 4.92. The van der Waals surface area contributed by atoms with Crippen LogP contribution in [0.25, 0.3) is 0 Å². The molecule has 33 heavy (non-hydrogen) atoms. The molecule has 3 rings (SSSR count). The summed E-state index contributed by atoms with van der Waals surface area (Å²) < 4.78 is 6.95. The van der Waals surface area contributed by atoms with E-state index in [1.54, 1.807) is 12.1 Å². The number of nitro benzene ring substituents is 1. The summed E-state index contributed by atoms with van der Waals surface area (Å²) in [6.45, 7) is 12.3. The van der Waals surface area contributed by atoms with Gasteiger partial charge in [0.05, 0.1) is 18.0 Å². The molecule has 0 bridgehead atoms. The van der Waals surface area contributed by atoms with Crippen molar-refractivity contribution in [2.45, 2.75) is 71.4 Å². The zero-order valence-electron chi connectivity index (χ0n) is 20.5. The number of nitrogens with zero attached hydrogens (tertiary/aromatic N) is 2. The molecule has 1 atom stereocenters. The van der Waals surface area contributed by atoms with Crippen LogP contribution in [0.5, 0.6) is 5.75 Å². The van der Waals surface area contributed by atoms with Crippen LogP contribution in [0.3, 0.4) is 0 Å². The summed E-state index contributed by atoms with van der Waals surface area (Å²) in [4.78, 5) is 10.6. The molecule has 0 amide bonds. The van der Waals surface area contributed by atoms with Crippen molar-refractivity contribution in [1.82, 2.24) is 0 Å². The Bertz CT molecular complexity index is 926. The number of aliphatic hydroxyl groups excluding tert-OH is 1. The molecular weight excluding hydrogens is 416 g/mol. The number of aryl methyl sites for hydroxylation is 1. The summed E-state index contributed by atoms with van der Waals surface area (Å²) in [6, 6.07) is 13.1. The van der Waals surface area contributed by atoms with E-state index < -0.39 is 6.10 Å². The lowest BCUT2D eigenvalue weighted by Crippen LogP contribution is -2.53. The zero-order chi connectivity index (χ0) is 24.1. The Kier molecular flexibility index (Phi) is 8.14. The van der Waals surface area contributed by atoms with Gasteiger partial charge in [-0.05, 0) is 61.8 Å². The number of rotatable bonds is 8. The third kappa shape index (κ3) is 7.02. The van der Waals surface area contributed by atoms with Crippen LogP contribution >= 0.6 is 0 Å². The van der Waals surface area contributed by atoms with E-state index in [0.717, 1.165) is 53.8 Å². The average molecular weight is 456 g/mol. The van der Waals surface area contributed by atoms with Crippen LogP contribution in [-0.4, -0.2) is 46.9 Å². The fourth-order valence-electron chi connectivity index (χ4n) is 4.92. The first-order valence-electron chi connectivity index (χ1n) is 12.1. The second kappa shape index (κ2) is 10.7. The molecule has 0 saturated carbocycles. The molecule has 0 radical (unpaired) electrons. The molecule has 1 aliphatic heterocycles. The summed E-state index contributed by atoms with van der Waals surface area (Å²) in [6.07, 6.45) is 4.10. The molecule has 0 aliphatic carbocycles. The molecule has 1 fully saturated rings. The number of nitro groups is 1. The smallest absolute Gasteiger partial charge is 0.269 e. The summed E-state index contributed by atoms with van der Waals surface area (Å²) in [7, 11) is 0. The monoisotopic (exact) mass is 455 g/mol. The Balaban J connectivity index is 1.72. The van der Waals surface area contributed by atoms with Crippen LogP contribution < -0.4 is 4.74 Å². The maximum absolute atomic E-state index is 11.0. The second-order valence-electron chi connectivity index (χ2n) is 10.7. The van der Waals surface area contributed by atoms with Crippen molar-refractivity contribution in [2.24, 2.45) is 0 Å². The van der Waals surface area contributed by atoms with E-state index in [4.69, 9.17) is 4.74 Å². The zero-order valence-corrected chi connectivity index (χ0v) is 20.5. The van der Waals surface area contributed by atoms with Crippen molar-refractivity contribution in [1.29, 1.82) is 0 Å². The highest BCUT2D eigenvalue weighted by Crippen LogP contribution is 2.32. The standard InChI is InChI=1S/C27H39N2O4/c1-21-9-14-26(25(17-21)27(2,3)4)33-20-24(30)19-29(15-7-5-6-8-16-29)18-22-10-12-23(13-11-22)28(31)32/h9-14,17,24,30H,5-8,15-16,18-20H2,1-4H3/q+1/t24-/m0/s1. The van der Waals surface area contributed by atoms with Crippen molar-refractivity contribution in [2.75, 3.05) is 26.2 Å². The summed E-state index contributed by atoms with van der Waals surface area (Å²) in [5.41, 5.74) is 3.50. The van der Waals surface area contributed by atoms with E-state index in [0.29, 0.717) is 6.54 Å². The van der Waals surface area contributed by atoms with Gasteiger partial charge < -0.3 is 14.3 Å². The number of quaternary nitrogens is 1. The molecule has 0 aromatic heterocycles.